The van der Waals surface area contributed by atoms with Gasteiger partial charge in [-0.1, -0.05) is 13.8 Å². The fourth-order valence-electron chi connectivity index (χ4n) is 3.10. The van der Waals surface area contributed by atoms with Crippen molar-refractivity contribution in [3.05, 3.63) is 0 Å². The molecule has 2 aliphatic rings. The molecule has 4 heteroatoms. The van der Waals surface area contributed by atoms with Crippen LogP contribution in [-0.4, -0.2) is 29.6 Å². The fourth-order valence-corrected chi connectivity index (χ4v) is 5.66. The lowest BCUT2D eigenvalue weighted by Crippen LogP contribution is -2.45. The van der Waals surface area contributed by atoms with Crippen LogP contribution < -0.4 is 0 Å². The Balaban J connectivity index is 2.07. The van der Waals surface area contributed by atoms with Gasteiger partial charge in [-0.05, 0) is 44.4 Å². The summed E-state index contributed by atoms with van der Waals surface area (Å²) in [6, 6.07) is 0. The van der Waals surface area contributed by atoms with Gasteiger partial charge in [-0.3, -0.25) is 0 Å². The van der Waals surface area contributed by atoms with Crippen LogP contribution in [0.25, 0.3) is 0 Å². The molecule has 0 amide bonds. The van der Waals surface area contributed by atoms with Gasteiger partial charge < -0.3 is 5.11 Å². The Kier molecular flexibility index (Phi) is 3.08. The topological polar surface area (TPSA) is 54.4 Å². The molecule has 0 aromatic carbocycles. The third kappa shape index (κ3) is 2.14. The Morgan fingerprint density at radius 1 is 1.25 bits per heavy atom. The molecule has 2 atom stereocenters. The second-order valence-corrected chi connectivity index (χ2v) is 8.49. The second kappa shape index (κ2) is 3.98. The molecular weight excluding hydrogens is 224 g/mol. The molecule has 2 rings (SSSR count). The van der Waals surface area contributed by atoms with Crippen LogP contribution in [-0.2, 0) is 9.84 Å². The van der Waals surface area contributed by atoms with Crippen LogP contribution in [0.4, 0.5) is 0 Å². The van der Waals surface area contributed by atoms with E-state index in [0.29, 0.717) is 18.8 Å². The Hall–Kier alpha value is -0.0900. The van der Waals surface area contributed by atoms with E-state index in [9.17, 15) is 13.5 Å². The first kappa shape index (κ1) is 12.4. The second-order valence-electron chi connectivity index (χ2n) is 5.98. The van der Waals surface area contributed by atoms with Crippen LogP contribution in [0.1, 0.15) is 52.4 Å². The molecule has 2 bridgehead atoms. The van der Waals surface area contributed by atoms with Crippen LogP contribution in [0, 0.1) is 5.92 Å². The van der Waals surface area contributed by atoms with Crippen LogP contribution in [0.3, 0.4) is 0 Å². The van der Waals surface area contributed by atoms with Gasteiger partial charge >= 0.3 is 0 Å². The van der Waals surface area contributed by atoms with Crippen molar-refractivity contribution in [3.8, 4) is 0 Å². The number of rotatable bonds is 3. The highest BCUT2D eigenvalue weighted by molar-refractivity contribution is 7.93. The minimum Gasteiger partial charge on any atom is -0.390 e. The maximum Gasteiger partial charge on any atom is 0.156 e. The zero-order valence-corrected chi connectivity index (χ0v) is 11.0. The van der Waals surface area contributed by atoms with Gasteiger partial charge in [-0.15, -0.1) is 0 Å². The lowest BCUT2D eigenvalue weighted by Gasteiger charge is -2.36. The Morgan fingerprint density at radius 3 is 2.19 bits per heavy atom. The quantitative estimate of drug-likeness (QED) is 0.827. The smallest absolute Gasteiger partial charge is 0.156 e. The molecule has 0 spiro atoms. The minimum absolute atomic E-state index is 0.261. The first-order valence-electron chi connectivity index (χ1n) is 6.28. The number of hydrogen-bond acceptors (Lipinski definition) is 3. The predicted octanol–water partition coefficient (Wildman–Crippen LogP) is 1.89. The maximum absolute atomic E-state index is 11.9. The summed E-state index contributed by atoms with van der Waals surface area (Å²) in [5, 5.41) is 9.95. The van der Waals surface area contributed by atoms with E-state index in [1.165, 1.54) is 0 Å². The average Bonchev–Trinajstić information content (AvgIpc) is 2.39. The van der Waals surface area contributed by atoms with Crippen LogP contribution in [0.15, 0.2) is 0 Å². The van der Waals surface area contributed by atoms with Gasteiger partial charge in [0, 0.05) is 0 Å². The molecule has 2 unspecified atom stereocenters. The van der Waals surface area contributed by atoms with Crippen molar-refractivity contribution in [1.82, 2.24) is 0 Å². The van der Waals surface area contributed by atoms with E-state index >= 15 is 0 Å². The molecule has 2 heterocycles. The zero-order chi connectivity index (χ0) is 12.0. The molecule has 0 radical (unpaired) electrons. The predicted molar refractivity (Wildman–Crippen MR) is 64.0 cm³/mol. The molecule has 2 fully saturated rings. The molecule has 0 saturated carbocycles. The normalized spacial score (nSPS) is 41.5. The SMILES string of the molecule is CC(C)CCC1(O)CC2CCC(C1)S2(=O)=O. The molecular formula is C12H22O3S. The largest absolute Gasteiger partial charge is 0.390 e. The summed E-state index contributed by atoms with van der Waals surface area (Å²) in [5.74, 6) is 0.570. The molecule has 0 aromatic heterocycles. The monoisotopic (exact) mass is 246 g/mol. The standard InChI is InChI=1S/C12H22O3S/c1-9(2)5-6-12(13)7-10-3-4-11(8-12)16(10,14)15/h9-11,13H,3-8H2,1-2H3. The molecule has 94 valence electrons. The highest BCUT2D eigenvalue weighted by atomic mass is 32.2. The van der Waals surface area contributed by atoms with Crippen molar-refractivity contribution >= 4 is 9.84 Å². The summed E-state index contributed by atoms with van der Waals surface area (Å²) in [5.41, 5.74) is -0.707. The van der Waals surface area contributed by atoms with E-state index < -0.39 is 15.4 Å². The summed E-state index contributed by atoms with van der Waals surface area (Å²) in [4.78, 5) is 0. The molecule has 16 heavy (non-hydrogen) atoms. The van der Waals surface area contributed by atoms with Gasteiger partial charge in [0.15, 0.2) is 9.84 Å². The van der Waals surface area contributed by atoms with E-state index in [2.05, 4.69) is 13.8 Å². The molecule has 0 aromatic rings. The first-order valence-corrected chi connectivity index (χ1v) is 7.89. The van der Waals surface area contributed by atoms with Crippen LogP contribution in [0.5, 0.6) is 0 Å². The van der Waals surface area contributed by atoms with Crippen molar-refractivity contribution in [2.45, 2.75) is 68.5 Å². The maximum atomic E-state index is 11.9. The van der Waals surface area contributed by atoms with E-state index in [1.54, 1.807) is 0 Å². The van der Waals surface area contributed by atoms with Gasteiger partial charge in [0.05, 0.1) is 16.1 Å². The van der Waals surface area contributed by atoms with Crippen molar-refractivity contribution in [3.63, 3.8) is 0 Å². The van der Waals surface area contributed by atoms with Gasteiger partial charge in [0.1, 0.15) is 0 Å². The molecule has 1 N–H and O–H groups in total. The van der Waals surface area contributed by atoms with Crippen molar-refractivity contribution in [2.75, 3.05) is 0 Å². The minimum atomic E-state index is -2.90. The van der Waals surface area contributed by atoms with E-state index in [0.717, 1.165) is 25.7 Å². The number of aliphatic hydroxyl groups is 1. The lowest BCUT2D eigenvalue weighted by molar-refractivity contribution is 0.00856. The fraction of sp³-hybridized carbons (Fsp3) is 1.00. The summed E-state index contributed by atoms with van der Waals surface area (Å²) in [6.07, 6.45) is 4.20. The van der Waals surface area contributed by atoms with Crippen LogP contribution in [0.2, 0.25) is 0 Å². The van der Waals surface area contributed by atoms with E-state index in [-0.39, 0.29) is 10.5 Å². The number of sulfone groups is 1. The third-order valence-electron chi connectivity index (χ3n) is 4.14. The molecule has 3 nitrogen and oxygen atoms in total. The van der Waals surface area contributed by atoms with Crippen molar-refractivity contribution in [1.29, 1.82) is 0 Å². The van der Waals surface area contributed by atoms with Crippen molar-refractivity contribution < 1.29 is 13.5 Å². The summed E-state index contributed by atoms with van der Waals surface area (Å²) >= 11 is 0. The summed E-state index contributed by atoms with van der Waals surface area (Å²) in [6.45, 7) is 4.27. The lowest BCUT2D eigenvalue weighted by atomic mass is 9.86. The van der Waals surface area contributed by atoms with Gasteiger partial charge in [-0.2, -0.15) is 0 Å². The Morgan fingerprint density at radius 2 is 1.75 bits per heavy atom. The highest BCUT2D eigenvalue weighted by Crippen LogP contribution is 2.45. The van der Waals surface area contributed by atoms with E-state index in [1.807, 2.05) is 0 Å². The first-order chi connectivity index (χ1) is 7.33. The van der Waals surface area contributed by atoms with E-state index in [4.69, 9.17) is 0 Å². The highest BCUT2D eigenvalue weighted by Gasteiger charge is 2.52. The summed E-state index contributed by atoms with van der Waals surface area (Å²) < 4.78 is 23.8. The molecule has 0 aliphatic carbocycles. The summed E-state index contributed by atoms with van der Waals surface area (Å²) in [7, 11) is -2.90. The Labute approximate surface area is 98.2 Å². The Bertz CT molecular complexity index is 338. The average molecular weight is 246 g/mol. The molecule has 2 aliphatic heterocycles. The van der Waals surface area contributed by atoms with Crippen LogP contribution >= 0.6 is 0 Å². The van der Waals surface area contributed by atoms with Gasteiger partial charge in [0.2, 0.25) is 0 Å². The third-order valence-corrected chi connectivity index (χ3v) is 6.81. The number of fused-ring (bicyclic) bond motifs is 2. The van der Waals surface area contributed by atoms with Gasteiger partial charge in [0.25, 0.3) is 0 Å². The molecule has 2 saturated heterocycles. The zero-order valence-electron chi connectivity index (χ0n) is 10.1. The van der Waals surface area contributed by atoms with Gasteiger partial charge in [-0.25, -0.2) is 8.42 Å². The van der Waals surface area contributed by atoms with Crippen molar-refractivity contribution in [2.24, 2.45) is 5.92 Å². The number of hydrogen-bond donors (Lipinski definition) is 1.